The Hall–Kier alpha value is -2.03. The van der Waals surface area contributed by atoms with Gasteiger partial charge < -0.3 is 0 Å². The molecule has 0 radical (unpaired) electrons. The lowest BCUT2D eigenvalue weighted by Gasteiger charge is -2.36. The molecule has 4 nitrogen and oxygen atoms in total. The third-order valence-corrected chi connectivity index (χ3v) is 4.82. The van der Waals surface area contributed by atoms with Gasteiger partial charge in [0.05, 0.1) is 12.6 Å². The van der Waals surface area contributed by atoms with Gasteiger partial charge in [-0.2, -0.15) is 0 Å². The van der Waals surface area contributed by atoms with Crippen molar-refractivity contribution in [2.75, 3.05) is 7.05 Å². The topological polar surface area (TPSA) is 40.6 Å². The van der Waals surface area contributed by atoms with E-state index in [-0.39, 0.29) is 5.91 Å². The lowest BCUT2D eigenvalue weighted by molar-refractivity contribution is 0.00319. The van der Waals surface area contributed by atoms with Gasteiger partial charge in [0.2, 0.25) is 5.30 Å². The standard InChI is InChI=1S/C18H22N2O2P/c1-18(2,3)20(17(21)15-11-7-5-8-12-15)19(4)23(22)16-13-9-6-10-14-16/h5-14H,1-4H3/q+1. The molecule has 0 saturated carbocycles. The average Bonchev–Trinajstić information content (AvgIpc) is 2.54. The van der Waals surface area contributed by atoms with Crippen LogP contribution in [0.1, 0.15) is 31.1 Å². The molecule has 2 aromatic carbocycles. The van der Waals surface area contributed by atoms with Crippen LogP contribution in [-0.4, -0.2) is 28.3 Å². The summed E-state index contributed by atoms with van der Waals surface area (Å²) in [5.74, 6) is -0.167. The number of carbonyl (C=O) groups excluding carboxylic acids is 1. The van der Waals surface area contributed by atoms with Crippen molar-refractivity contribution in [2.24, 2.45) is 0 Å². The van der Waals surface area contributed by atoms with Crippen molar-refractivity contribution in [1.82, 2.24) is 9.79 Å². The third kappa shape index (κ3) is 4.04. The highest BCUT2D eigenvalue weighted by Crippen LogP contribution is 2.32. The fraction of sp³-hybridized carbons (Fsp3) is 0.278. The number of amides is 1. The van der Waals surface area contributed by atoms with Crippen molar-refractivity contribution < 1.29 is 9.36 Å². The number of carbonyl (C=O) groups is 1. The van der Waals surface area contributed by atoms with E-state index in [1.54, 1.807) is 29.0 Å². The second kappa shape index (κ2) is 7.03. The first-order chi connectivity index (χ1) is 10.8. The van der Waals surface area contributed by atoms with Gasteiger partial charge in [-0.05, 0) is 49.6 Å². The smallest absolute Gasteiger partial charge is 0.267 e. The molecule has 23 heavy (non-hydrogen) atoms. The highest BCUT2D eigenvalue weighted by Gasteiger charge is 2.41. The van der Waals surface area contributed by atoms with Crippen LogP contribution in [-0.2, 0) is 4.57 Å². The molecule has 0 heterocycles. The van der Waals surface area contributed by atoms with Crippen LogP contribution in [0.2, 0.25) is 0 Å². The van der Waals surface area contributed by atoms with Crippen LogP contribution in [0.4, 0.5) is 0 Å². The van der Waals surface area contributed by atoms with Gasteiger partial charge in [-0.25, -0.2) is 5.01 Å². The third-order valence-electron chi connectivity index (χ3n) is 3.38. The molecule has 0 fully saturated rings. The zero-order valence-corrected chi connectivity index (χ0v) is 14.8. The van der Waals surface area contributed by atoms with E-state index < -0.39 is 13.5 Å². The summed E-state index contributed by atoms with van der Waals surface area (Å²) in [4.78, 5) is 12.9. The van der Waals surface area contributed by atoms with Gasteiger partial charge in [-0.3, -0.25) is 4.79 Å². The summed E-state index contributed by atoms with van der Waals surface area (Å²) in [5.41, 5.74) is 0.0762. The van der Waals surface area contributed by atoms with Crippen LogP contribution in [0.5, 0.6) is 0 Å². The maximum atomic E-state index is 12.9. The Balaban J connectivity index is 2.36. The normalized spacial score (nSPS) is 12.1. The van der Waals surface area contributed by atoms with Crippen LogP contribution in [0.25, 0.3) is 0 Å². The minimum absolute atomic E-state index is 0.167. The van der Waals surface area contributed by atoms with Crippen molar-refractivity contribution in [3.63, 3.8) is 0 Å². The van der Waals surface area contributed by atoms with Gasteiger partial charge >= 0.3 is 7.95 Å². The molecule has 0 saturated heterocycles. The van der Waals surface area contributed by atoms with Crippen molar-refractivity contribution in [3.05, 3.63) is 66.2 Å². The number of rotatable bonds is 4. The highest BCUT2D eigenvalue weighted by atomic mass is 31.1. The highest BCUT2D eigenvalue weighted by molar-refractivity contribution is 7.50. The Labute approximate surface area is 138 Å². The lowest BCUT2D eigenvalue weighted by Crippen LogP contribution is -2.52. The monoisotopic (exact) mass is 329 g/mol. The predicted octanol–water partition coefficient (Wildman–Crippen LogP) is 3.84. The molecular weight excluding hydrogens is 307 g/mol. The summed E-state index contributed by atoms with van der Waals surface area (Å²) in [6.07, 6.45) is 0. The summed E-state index contributed by atoms with van der Waals surface area (Å²) in [6, 6.07) is 18.2. The molecule has 0 spiro atoms. The Morgan fingerprint density at radius 1 is 0.913 bits per heavy atom. The van der Waals surface area contributed by atoms with Gasteiger partial charge in [0.15, 0.2) is 0 Å². The second-order valence-electron chi connectivity index (χ2n) is 6.25. The first-order valence-corrected chi connectivity index (χ1v) is 8.69. The zero-order chi connectivity index (χ0) is 17.0. The molecule has 0 aliphatic heterocycles. The van der Waals surface area contributed by atoms with Gasteiger partial charge in [0.25, 0.3) is 5.91 Å². The van der Waals surface area contributed by atoms with Gasteiger partial charge in [0.1, 0.15) is 0 Å². The van der Waals surface area contributed by atoms with Crippen LogP contribution < -0.4 is 5.30 Å². The molecule has 1 amide bonds. The largest absolute Gasteiger partial charge is 0.493 e. The fourth-order valence-corrected chi connectivity index (χ4v) is 3.65. The molecule has 0 N–H and O–H groups in total. The van der Waals surface area contributed by atoms with Crippen LogP contribution in [0.15, 0.2) is 60.7 Å². The Bertz CT molecular complexity index is 681. The number of nitrogens with zero attached hydrogens (tertiary/aromatic N) is 2. The summed E-state index contributed by atoms with van der Waals surface area (Å²) >= 11 is 0. The molecule has 0 aromatic heterocycles. The molecular formula is C18H22N2O2P+. The van der Waals surface area contributed by atoms with E-state index in [1.807, 2.05) is 69.3 Å². The van der Waals surface area contributed by atoms with Crippen LogP contribution in [0, 0.1) is 0 Å². The summed E-state index contributed by atoms with van der Waals surface area (Å²) in [6.45, 7) is 5.79. The summed E-state index contributed by atoms with van der Waals surface area (Å²) in [7, 11) is -0.183. The maximum absolute atomic E-state index is 12.9. The zero-order valence-electron chi connectivity index (χ0n) is 13.9. The van der Waals surface area contributed by atoms with E-state index in [2.05, 4.69) is 0 Å². The van der Waals surface area contributed by atoms with Crippen molar-refractivity contribution in [1.29, 1.82) is 0 Å². The van der Waals surface area contributed by atoms with Gasteiger partial charge in [-0.15, -0.1) is 0 Å². The van der Waals surface area contributed by atoms with E-state index in [0.29, 0.717) is 10.9 Å². The van der Waals surface area contributed by atoms with E-state index in [0.717, 1.165) is 0 Å². The minimum Gasteiger partial charge on any atom is -0.267 e. The number of hydrogen-bond acceptors (Lipinski definition) is 2. The molecule has 1 atom stereocenters. The first-order valence-electron chi connectivity index (χ1n) is 7.48. The van der Waals surface area contributed by atoms with Crippen molar-refractivity contribution in [3.8, 4) is 0 Å². The molecule has 120 valence electrons. The Morgan fingerprint density at radius 2 is 1.39 bits per heavy atom. The van der Waals surface area contributed by atoms with Crippen LogP contribution >= 0.6 is 7.95 Å². The molecule has 0 bridgehead atoms. The van der Waals surface area contributed by atoms with Crippen molar-refractivity contribution >= 4 is 19.2 Å². The molecule has 2 rings (SSSR count). The molecule has 0 aliphatic carbocycles. The van der Waals surface area contributed by atoms with Gasteiger partial charge in [0, 0.05) is 10.3 Å². The molecule has 1 unspecified atom stereocenters. The quantitative estimate of drug-likeness (QED) is 0.632. The predicted molar refractivity (Wildman–Crippen MR) is 93.8 cm³/mol. The number of benzene rings is 2. The molecule has 5 heteroatoms. The first kappa shape index (κ1) is 17.3. The van der Waals surface area contributed by atoms with E-state index in [4.69, 9.17) is 0 Å². The summed E-state index contributed by atoms with van der Waals surface area (Å²) in [5, 5.41) is 2.26. The van der Waals surface area contributed by atoms with E-state index in [9.17, 15) is 9.36 Å². The minimum atomic E-state index is -1.87. The lowest BCUT2D eigenvalue weighted by atomic mass is 10.1. The fourth-order valence-electron chi connectivity index (χ4n) is 2.38. The van der Waals surface area contributed by atoms with Gasteiger partial charge in [-0.1, -0.05) is 36.4 Å². The number of hydrazine groups is 1. The maximum Gasteiger partial charge on any atom is 0.493 e. The molecule has 0 aliphatic rings. The van der Waals surface area contributed by atoms with Crippen molar-refractivity contribution in [2.45, 2.75) is 26.3 Å². The average molecular weight is 329 g/mol. The van der Waals surface area contributed by atoms with E-state index in [1.165, 1.54) is 0 Å². The SMILES string of the molecule is CN(N(C(=O)c1ccccc1)C(C)(C)C)[P+](=O)c1ccccc1. The number of hydrogen-bond donors (Lipinski definition) is 0. The van der Waals surface area contributed by atoms with Crippen LogP contribution in [0.3, 0.4) is 0 Å². The Morgan fingerprint density at radius 3 is 1.87 bits per heavy atom. The van der Waals surface area contributed by atoms with E-state index >= 15 is 0 Å². The Kier molecular flexibility index (Phi) is 5.30. The second-order valence-corrected chi connectivity index (χ2v) is 7.89. The summed E-state index contributed by atoms with van der Waals surface area (Å²) < 4.78 is 14.4. The molecule has 2 aromatic rings.